The molecule has 0 radical (unpaired) electrons. The molecule has 1 fully saturated rings. The standard InChI is InChI=1S/C10H21NO2/c1-3-8(2)13-7-10(11,6-12)9-4-5-9/h8-9,12H,3-7,11H2,1-2H3. The van der Waals surface area contributed by atoms with E-state index in [1.165, 1.54) is 0 Å². The van der Waals surface area contributed by atoms with Crippen molar-refractivity contribution in [2.75, 3.05) is 13.2 Å². The third kappa shape index (κ3) is 2.93. The van der Waals surface area contributed by atoms with Gasteiger partial charge < -0.3 is 15.6 Å². The lowest BCUT2D eigenvalue weighted by molar-refractivity contribution is 0.00288. The SMILES string of the molecule is CCC(C)OCC(N)(CO)C1CC1. The van der Waals surface area contributed by atoms with Crippen LogP contribution in [0.3, 0.4) is 0 Å². The summed E-state index contributed by atoms with van der Waals surface area (Å²) in [4.78, 5) is 0. The predicted molar refractivity (Wildman–Crippen MR) is 52.4 cm³/mol. The third-order valence-electron chi connectivity index (χ3n) is 2.90. The maximum absolute atomic E-state index is 9.18. The zero-order valence-corrected chi connectivity index (χ0v) is 8.62. The normalized spacial score (nSPS) is 24.0. The molecule has 2 unspecified atom stereocenters. The van der Waals surface area contributed by atoms with Crippen LogP contribution in [-0.2, 0) is 4.74 Å². The second-order valence-corrected chi connectivity index (χ2v) is 4.20. The van der Waals surface area contributed by atoms with Crippen LogP contribution >= 0.6 is 0 Å². The molecule has 1 aliphatic rings. The first-order chi connectivity index (χ1) is 6.12. The van der Waals surface area contributed by atoms with Crippen molar-refractivity contribution in [1.29, 1.82) is 0 Å². The van der Waals surface area contributed by atoms with E-state index >= 15 is 0 Å². The highest BCUT2D eigenvalue weighted by Crippen LogP contribution is 2.38. The maximum atomic E-state index is 9.18. The minimum absolute atomic E-state index is 0.0358. The van der Waals surface area contributed by atoms with Crippen LogP contribution in [0.4, 0.5) is 0 Å². The van der Waals surface area contributed by atoms with Crippen molar-refractivity contribution >= 4 is 0 Å². The zero-order chi connectivity index (χ0) is 9.90. The molecule has 1 aliphatic carbocycles. The second-order valence-electron chi connectivity index (χ2n) is 4.20. The van der Waals surface area contributed by atoms with E-state index in [1.807, 2.05) is 6.92 Å². The van der Waals surface area contributed by atoms with E-state index in [0.29, 0.717) is 12.5 Å². The highest BCUT2D eigenvalue weighted by Gasteiger charge is 2.42. The summed E-state index contributed by atoms with van der Waals surface area (Å²) >= 11 is 0. The summed E-state index contributed by atoms with van der Waals surface area (Å²) in [6.45, 7) is 4.64. The molecule has 0 aromatic rings. The molecule has 13 heavy (non-hydrogen) atoms. The lowest BCUT2D eigenvalue weighted by Crippen LogP contribution is -2.50. The number of hydrogen-bond acceptors (Lipinski definition) is 3. The lowest BCUT2D eigenvalue weighted by atomic mass is 9.97. The van der Waals surface area contributed by atoms with E-state index in [1.54, 1.807) is 0 Å². The van der Waals surface area contributed by atoms with Crippen molar-refractivity contribution in [2.24, 2.45) is 11.7 Å². The van der Waals surface area contributed by atoms with Gasteiger partial charge in [-0.1, -0.05) is 6.92 Å². The fourth-order valence-electron chi connectivity index (χ4n) is 1.37. The van der Waals surface area contributed by atoms with Crippen LogP contribution in [-0.4, -0.2) is 30.0 Å². The van der Waals surface area contributed by atoms with Crippen molar-refractivity contribution in [3.05, 3.63) is 0 Å². The maximum Gasteiger partial charge on any atom is 0.0675 e. The monoisotopic (exact) mass is 187 g/mol. The molecule has 3 N–H and O–H groups in total. The van der Waals surface area contributed by atoms with Crippen molar-refractivity contribution < 1.29 is 9.84 Å². The average molecular weight is 187 g/mol. The molecule has 0 aliphatic heterocycles. The molecule has 0 saturated heterocycles. The Balaban J connectivity index is 2.30. The molecule has 0 heterocycles. The zero-order valence-electron chi connectivity index (χ0n) is 8.62. The summed E-state index contributed by atoms with van der Waals surface area (Å²) in [5.41, 5.74) is 5.55. The molecule has 0 spiro atoms. The fraction of sp³-hybridized carbons (Fsp3) is 1.00. The van der Waals surface area contributed by atoms with Gasteiger partial charge in [-0.25, -0.2) is 0 Å². The molecular weight excluding hydrogens is 166 g/mol. The Bertz CT molecular complexity index is 159. The summed E-state index contributed by atoms with van der Waals surface area (Å²) in [7, 11) is 0. The van der Waals surface area contributed by atoms with Gasteiger partial charge >= 0.3 is 0 Å². The highest BCUT2D eigenvalue weighted by molar-refractivity contribution is 4.98. The van der Waals surface area contributed by atoms with Crippen molar-refractivity contribution in [2.45, 2.75) is 44.8 Å². The third-order valence-corrected chi connectivity index (χ3v) is 2.90. The van der Waals surface area contributed by atoms with Crippen LogP contribution in [0.2, 0.25) is 0 Å². The van der Waals surface area contributed by atoms with E-state index in [2.05, 4.69) is 6.92 Å². The van der Waals surface area contributed by atoms with Crippen LogP contribution in [0, 0.1) is 5.92 Å². The van der Waals surface area contributed by atoms with E-state index in [9.17, 15) is 5.11 Å². The molecule has 1 rings (SSSR count). The average Bonchev–Trinajstić information content (AvgIpc) is 2.96. The highest BCUT2D eigenvalue weighted by atomic mass is 16.5. The van der Waals surface area contributed by atoms with Gasteiger partial charge in [0.1, 0.15) is 0 Å². The first-order valence-corrected chi connectivity index (χ1v) is 5.13. The van der Waals surface area contributed by atoms with Gasteiger partial charge in [-0.2, -0.15) is 0 Å². The van der Waals surface area contributed by atoms with Gasteiger partial charge in [0.25, 0.3) is 0 Å². The van der Waals surface area contributed by atoms with Gasteiger partial charge in [0.05, 0.1) is 24.9 Å². The van der Waals surface area contributed by atoms with Crippen molar-refractivity contribution in [3.63, 3.8) is 0 Å². The second kappa shape index (κ2) is 4.40. The summed E-state index contributed by atoms with van der Waals surface area (Å²) < 4.78 is 5.56. The van der Waals surface area contributed by atoms with Gasteiger partial charge in [0.2, 0.25) is 0 Å². The molecule has 0 aromatic carbocycles. The Morgan fingerprint density at radius 3 is 2.62 bits per heavy atom. The first kappa shape index (κ1) is 11.0. The fourth-order valence-corrected chi connectivity index (χ4v) is 1.37. The molecule has 2 atom stereocenters. The summed E-state index contributed by atoms with van der Waals surface area (Å²) in [6, 6.07) is 0. The lowest BCUT2D eigenvalue weighted by Gasteiger charge is -2.28. The number of aliphatic hydroxyl groups excluding tert-OH is 1. The number of rotatable bonds is 6. The van der Waals surface area contributed by atoms with E-state index in [4.69, 9.17) is 10.5 Å². The minimum Gasteiger partial charge on any atom is -0.394 e. The summed E-state index contributed by atoms with van der Waals surface area (Å²) in [5, 5.41) is 9.18. The quantitative estimate of drug-likeness (QED) is 0.649. The van der Waals surface area contributed by atoms with Crippen LogP contribution < -0.4 is 5.73 Å². The Kier molecular flexibility index (Phi) is 3.71. The van der Waals surface area contributed by atoms with Gasteiger partial charge in [0.15, 0.2) is 0 Å². The van der Waals surface area contributed by atoms with E-state index in [0.717, 1.165) is 19.3 Å². The van der Waals surface area contributed by atoms with Crippen LogP contribution in [0.15, 0.2) is 0 Å². The molecular formula is C10H21NO2. The largest absolute Gasteiger partial charge is 0.394 e. The summed E-state index contributed by atoms with van der Waals surface area (Å²) in [5.74, 6) is 0.474. The van der Waals surface area contributed by atoms with E-state index < -0.39 is 5.54 Å². The molecule has 0 aromatic heterocycles. The molecule has 0 amide bonds. The van der Waals surface area contributed by atoms with E-state index in [-0.39, 0.29) is 12.7 Å². The Hall–Kier alpha value is -0.120. The Labute approximate surface area is 80.3 Å². The predicted octanol–water partition coefficient (Wildman–Crippen LogP) is 0.901. The Morgan fingerprint density at radius 1 is 1.62 bits per heavy atom. The van der Waals surface area contributed by atoms with Crippen LogP contribution in [0.1, 0.15) is 33.1 Å². The number of aliphatic hydroxyl groups is 1. The molecule has 0 bridgehead atoms. The van der Waals surface area contributed by atoms with Crippen molar-refractivity contribution in [3.8, 4) is 0 Å². The smallest absolute Gasteiger partial charge is 0.0675 e. The Morgan fingerprint density at radius 2 is 2.23 bits per heavy atom. The molecule has 3 heteroatoms. The molecule has 1 saturated carbocycles. The summed E-state index contributed by atoms with van der Waals surface area (Å²) in [6.07, 6.45) is 3.52. The van der Waals surface area contributed by atoms with Gasteiger partial charge in [-0.05, 0) is 32.1 Å². The first-order valence-electron chi connectivity index (χ1n) is 5.13. The number of nitrogens with two attached hydrogens (primary N) is 1. The number of ether oxygens (including phenoxy) is 1. The van der Waals surface area contributed by atoms with Crippen LogP contribution in [0.25, 0.3) is 0 Å². The van der Waals surface area contributed by atoms with Crippen molar-refractivity contribution in [1.82, 2.24) is 0 Å². The topological polar surface area (TPSA) is 55.5 Å². The minimum atomic E-state index is -0.483. The van der Waals surface area contributed by atoms with Gasteiger partial charge in [-0.15, -0.1) is 0 Å². The van der Waals surface area contributed by atoms with Gasteiger partial charge in [0, 0.05) is 0 Å². The van der Waals surface area contributed by atoms with Gasteiger partial charge in [-0.3, -0.25) is 0 Å². The molecule has 78 valence electrons. The number of hydrogen-bond donors (Lipinski definition) is 2. The molecule has 3 nitrogen and oxygen atoms in total. The van der Waals surface area contributed by atoms with Crippen LogP contribution in [0.5, 0.6) is 0 Å².